The lowest BCUT2D eigenvalue weighted by atomic mass is 9.90. The maximum atomic E-state index is 13.3. The van der Waals surface area contributed by atoms with Crippen molar-refractivity contribution in [3.05, 3.63) is 58.7 Å². The smallest absolute Gasteiger partial charge is 0.407 e. The van der Waals surface area contributed by atoms with E-state index < -0.39 is 23.5 Å². The number of rotatable bonds is 11. The number of H-pyrrole nitrogens is 1. The van der Waals surface area contributed by atoms with Crippen LogP contribution in [-0.2, 0) is 22.6 Å². The van der Waals surface area contributed by atoms with Gasteiger partial charge in [-0.3, -0.25) is 14.4 Å². The number of likely N-dealkylation sites (N-methyl/N-ethyl adjacent to an activating group) is 1. The fourth-order valence-corrected chi connectivity index (χ4v) is 4.13. The molecule has 0 bridgehead atoms. The normalized spacial score (nSPS) is 12.4. The maximum absolute atomic E-state index is 13.3. The highest BCUT2D eigenvalue weighted by molar-refractivity contribution is 5.92. The Morgan fingerprint density at radius 3 is 2.59 bits per heavy atom. The second kappa shape index (κ2) is 13.2. The second-order valence-corrected chi connectivity index (χ2v) is 11.4. The molecule has 0 spiro atoms. The fraction of sp³-hybridized carbons (Fsp3) is 0.464. The van der Waals surface area contributed by atoms with Crippen LogP contribution in [0.5, 0.6) is 0 Å². The molecular weight excluding hydrogens is 528 g/mol. The Morgan fingerprint density at radius 2 is 1.93 bits per heavy atom. The summed E-state index contributed by atoms with van der Waals surface area (Å²) in [5.74, 6) is -0.925. The minimum atomic E-state index is -1.18. The lowest BCUT2D eigenvalue weighted by Crippen LogP contribution is -2.37. The van der Waals surface area contributed by atoms with Crippen molar-refractivity contribution in [2.75, 3.05) is 33.0 Å². The van der Waals surface area contributed by atoms with Crippen LogP contribution in [0, 0.1) is 11.3 Å². The topological polar surface area (TPSA) is 166 Å². The van der Waals surface area contributed by atoms with Crippen molar-refractivity contribution in [1.82, 2.24) is 34.3 Å². The number of nitrogens with zero attached hydrogens (tertiary/aromatic N) is 6. The van der Waals surface area contributed by atoms with E-state index in [1.165, 1.54) is 35.0 Å². The van der Waals surface area contributed by atoms with Crippen molar-refractivity contribution < 1.29 is 19.5 Å². The molecule has 1 atom stereocenters. The Labute approximate surface area is 238 Å². The van der Waals surface area contributed by atoms with Gasteiger partial charge in [0, 0.05) is 33.9 Å². The number of aromatic amines is 1. The molecule has 41 heavy (non-hydrogen) atoms. The summed E-state index contributed by atoms with van der Waals surface area (Å²) in [5, 5.41) is 12.0. The van der Waals surface area contributed by atoms with Crippen LogP contribution in [0.25, 0.3) is 11.2 Å². The number of carbonyl (C=O) groups excluding carboxylic acids is 2. The molecule has 3 aromatic heterocycles. The molecule has 3 N–H and O–H groups in total. The molecule has 13 heteroatoms. The van der Waals surface area contributed by atoms with Crippen LogP contribution in [0.1, 0.15) is 45.1 Å². The summed E-state index contributed by atoms with van der Waals surface area (Å²) in [4.78, 5) is 68.5. The standard InChI is InChI=1S/C28H38N8O5/c1-28(2,3)14-20-23-24(30-17-29-20)33-21(32-23)16-36-13-9-11-19(26(36)39)31-25(38)18(15-35(6)27(40)41)10-7-8-12-22(37)34(4)5/h8-9,11-13,17-18H,7,10,14-16H2,1-6H3,(H,31,38)(H,40,41)(H,29,30,32,33)/b12-8+/t18-/m0/s1. The number of aromatic nitrogens is 5. The van der Waals surface area contributed by atoms with Gasteiger partial charge >= 0.3 is 6.09 Å². The van der Waals surface area contributed by atoms with E-state index >= 15 is 0 Å². The number of carbonyl (C=O) groups is 3. The van der Waals surface area contributed by atoms with Crippen molar-refractivity contribution in [2.45, 2.75) is 46.6 Å². The molecule has 0 saturated heterocycles. The number of imidazole rings is 1. The number of nitrogens with one attached hydrogen (secondary N) is 2. The molecule has 3 amide bonds. The van der Waals surface area contributed by atoms with E-state index in [4.69, 9.17) is 0 Å². The van der Waals surface area contributed by atoms with Gasteiger partial charge in [0.2, 0.25) is 11.8 Å². The third-order valence-electron chi connectivity index (χ3n) is 6.28. The zero-order chi connectivity index (χ0) is 30.3. The van der Waals surface area contributed by atoms with Crippen molar-refractivity contribution in [2.24, 2.45) is 11.3 Å². The number of hydrogen-bond donors (Lipinski definition) is 3. The Bertz CT molecular complexity index is 1480. The summed E-state index contributed by atoms with van der Waals surface area (Å²) in [6, 6.07) is 3.13. The van der Waals surface area contributed by atoms with Crippen LogP contribution in [0.3, 0.4) is 0 Å². The van der Waals surface area contributed by atoms with Gasteiger partial charge in [-0.05, 0) is 42.9 Å². The SMILES string of the molecule is CN(C)C(=O)/C=C/CC[C@@H](CN(C)C(=O)O)C(=O)Nc1cccn(Cc2nc3c(CC(C)(C)C)ncnc3[nH]2)c1=O. The third kappa shape index (κ3) is 8.72. The van der Waals surface area contributed by atoms with Crippen molar-refractivity contribution in [1.29, 1.82) is 0 Å². The van der Waals surface area contributed by atoms with Gasteiger partial charge in [-0.15, -0.1) is 0 Å². The van der Waals surface area contributed by atoms with Gasteiger partial charge in [0.05, 0.1) is 18.2 Å². The highest BCUT2D eigenvalue weighted by Gasteiger charge is 2.23. The van der Waals surface area contributed by atoms with Crippen LogP contribution in [0.15, 0.2) is 41.6 Å². The Kier molecular flexibility index (Phi) is 9.98. The first-order valence-corrected chi connectivity index (χ1v) is 13.3. The van der Waals surface area contributed by atoms with E-state index in [1.54, 1.807) is 32.4 Å². The van der Waals surface area contributed by atoms with Crippen LogP contribution >= 0.6 is 0 Å². The molecule has 0 fully saturated rings. The van der Waals surface area contributed by atoms with Crippen molar-refractivity contribution >= 4 is 34.8 Å². The van der Waals surface area contributed by atoms with Crippen molar-refractivity contribution in [3.8, 4) is 0 Å². The minimum Gasteiger partial charge on any atom is -0.465 e. The van der Waals surface area contributed by atoms with Gasteiger partial charge in [0.15, 0.2) is 5.65 Å². The van der Waals surface area contributed by atoms with Gasteiger partial charge in [-0.1, -0.05) is 26.8 Å². The molecule has 0 aliphatic heterocycles. The van der Waals surface area contributed by atoms with E-state index in [2.05, 4.69) is 46.0 Å². The van der Waals surface area contributed by atoms with E-state index in [0.717, 1.165) is 10.6 Å². The summed E-state index contributed by atoms with van der Waals surface area (Å²) < 4.78 is 1.41. The predicted molar refractivity (Wildman–Crippen MR) is 154 cm³/mol. The molecule has 0 aliphatic rings. The summed E-state index contributed by atoms with van der Waals surface area (Å²) in [6.45, 7) is 6.38. The van der Waals surface area contributed by atoms with Crippen LogP contribution in [0.2, 0.25) is 0 Å². The molecule has 0 aliphatic carbocycles. The molecule has 3 aromatic rings. The van der Waals surface area contributed by atoms with Gasteiger partial charge in [0.25, 0.3) is 5.56 Å². The summed E-state index contributed by atoms with van der Waals surface area (Å²) >= 11 is 0. The van der Waals surface area contributed by atoms with Crippen molar-refractivity contribution in [3.63, 3.8) is 0 Å². The predicted octanol–water partition coefficient (Wildman–Crippen LogP) is 2.74. The molecule has 0 aromatic carbocycles. The number of amides is 3. The number of fused-ring (bicyclic) bond motifs is 1. The molecule has 220 valence electrons. The Morgan fingerprint density at radius 1 is 1.20 bits per heavy atom. The van der Waals surface area contributed by atoms with Gasteiger partial charge in [0.1, 0.15) is 23.4 Å². The Hall–Kier alpha value is -4.55. The third-order valence-corrected chi connectivity index (χ3v) is 6.28. The lowest BCUT2D eigenvalue weighted by Gasteiger charge is -2.21. The van der Waals surface area contributed by atoms with Gasteiger partial charge in [-0.25, -0.2) is 19.7 Å². The molecule has 0 radical (unpaired) electrons. The fourth-order valence-electron chi connectivity index (χ4n) is 4.13. The number of hydrogen-bond acceptors (Lipinski definition) is 7. The largest absolute Gasteiger partial charge is 0.465 e. The molecule has 0 saturated carbocycles. The van der Waals surface area contributed by atoms with E-state index in [9.17, 15) is 24.3 Å². The molecule has 13 nitrogen and oxygen atoms in total. The van der Waals surface area contributed by atoms with Gasteiger partial charge in [-0.2, -0.15) is 0 Å². The first-order valence-electron chi connectivity index (χ1n) is 13.3. The monoisotopic (exact) mass is 566 g/mol. The van der Waals surface area contributed by atoms with Gasteiger partial charge < -0.3 is 29.8 Å². The van der Waals surface area contributed by atoms with E-state index in [-0.39, 0.29) is 36.5 Å². The summed E-state index contributed by atoms with van der Waals surface area (Å²) in [5.41, 5.74) is 1.67. The first-order chi connectivity index (χ1) is 19.2. The van der Waals surface area contributed by atoms with Crippen LogP contribution < -0.4 is 10.9 Å². The number of allylic oxidation sites excluding steroid dienone is 1. The molecule has 0 unspecified atom stereocenters. The van der Waals surface area contributed by atoms with E-state index in [1.807, 2.05) is 0 Å². The number of carboxylic acid groups (broad SMARTS) is 1. The highest BCUT2D eigenvalue weighted by Crippen LogP contribution is 2.23. The quantitative estimate of drug-likeness (QED) is 0.298. The molecule has 3 rings (SSSR count). The number of pyridine rings is 1. The van der Waals surface area contributed by atoms with E-state index in [0.29, 0.717) is 29.8 Å². The summed E-state index contributed by atoms with van der Waals surface area (Å²) in [6.07, 6.45) is 6.30. The summed E-state index contributed by atoms with van der Waals surface area (Å²) in [7, 11) is 4.63. The molecular formula is C28H38N8O5. The lowest BCUT2D eigenvalue weighted by molar-refractivity contribution is -0.123. The van der Waals surface area contributed by atoms with Crippen LogP contribution in [0.4, 0.5) is 10.5 Å². The van der Waals surface area contributed by atoms with Crippen LogP contribution in [-0.4, -0.2) is 85.0 Å². The zero-order valence-corrected chi connectivity index (χ0v) is 24.3. The zero-order valence-electron chi connectivity index (χ0n) is 24.3. The second-order valence-electron chi connectivity index (χ2n) is 11.4. The number of anilines is 1. The molecule has 3 heterocycles. The maximum Gasteiger partial charge on any atom is 0.407 e. The average molecular weight is 567 g/mol. The Balaban J connectivity index is 1.78. The first kappa shape index (κ1) is 31.0. The minimum absolute atomic E-state index is 0.000932. The average Bonchev–Trinajstić information content (AvgIpc) is 3.30. The highest BCUT2D eigenvalue weighted by atomic mass is 16.4.